The molecule has 2 aliphatic heterocycles. The summed E-state index contributed by atoms with van der Waals surface area (Å²) >= 11 is 0. The van der Waals surface area contributed by atoms with Gasteiger partial charge in [-0.25, -0.2) is 0 Å². The topological polar surface area (TPSA) is 99.1 Å². The van der Waals surface area contributed by atoms with Gasteiger partial charge in [0, 0.05) is 51.0 Å². The van der Waals surface area contributed by atoms with Crippen LogP contribution in [0.25, 0.3) is 0 Å². The van der Waals surface area contributed by atoms with E-state index in [1.54, 1.807) is 13.2 Å². The molecule has 8 heteroatoms. The van der Waals surface area contributed by atoms with Gasteiger partial charge in [-0.05, 0) is 24.6 Å². The second-order valence-electron chi connectivity index (χ2n) is 8.80. The molecule has 0 spiro atoms. The van der Waals surface area contributed by atoms with Gasteiger partial charge in [0.25, 0.3) is 0 Å². The smallest absolute Gasteiger partial charge is 0.308 e. The Kier molecular flexibility index (Phi) is 7.20. The van der Waals surface area contributed by atoms with Gasteiger partial charge in [0.1, 0.15) is 12.6 Å². The number of nitrogens with zero attached hydrogens (tertiary/aromatic N) is 1. The lowest BCUT2D eigenvalue weighted by Gasteiger charge is -2.47. The van der Waals surface area contributed by atoms with Gasteiger partial charge < -0.3 is 23.8 Å². The summed E-state index contributed by atoms with van der Waals surface area (Å²) in [5.41, 5.74) is 1.11. The van der Waals surface area contributed by atoms with Crippen LogP contribution in [0.4, 0.5) is 0 Å². The highest BCUT2D eigenvalue weighted by Crippen LogP contribution is 2.44. The van der Waals surface area contributed by atoms with E-state index < -0.39 is 5.97 Å². The molecule has 0 aromatic heterocycles. The number of carboxylic acids is 1. The number of quaternary nitrogens is 1. The molecule has 2 heterocycles. The van der Waals surface area contributed by atoms with Crippen molar-refractivity contribution in [1.82, 2.24) is 0 Å². The molecule has 1 aromatic rings. The Morgan fingerprint density at radius 3 is 2.35 bits per heavy atom. The molecular weight excluding hydrogens is 402 g/mol. The largest absolute Gasteiger partial charge is 0.493 e. The van der Waals surface area contributed by atoms with Crippen molar-refractivity contribution in [2.75, 3.05) is 14.2 Å². The van der Waals surface area contributed by atoms with Crippen molar-refractivity contribution in [2.45, 2.75) is 76.6 Å². The van der Waals surface area contributed by atoms with Crippen LogP contribution in [0, 0.1) is 0 Å². The maximum Gasteiger partial charge on any atom is 0.308 e. The molecule has 0 amide bonds. The lowest BCUT2D eigenvalue weighted by atomic mass is 9.95. The summed E-state index contributed by atoms with van der Waals surface area (Å²) in [4.78, 5) is 34.0. The molecule has 2 unspecified atom stereocenters. The Hall–Kier alpha value is -2.61. The SMILES string of the molecule is COc1cc(C[N+]2(C)C3CCC2CC(OC(=O)CCCC(=O)O)C3)ccc1OC(C)=O. The van der Waals surface area contributed by atoms with Gasteiger partial charge in [-0.1, -0.05) is 0 Å². The van der Waals surface area contributed by atoms with Crippen LogP contribution in [-0.2, 0) is 25.7 Å². The van der Waals surface area contributed by atoms with E-state index in [-0.39, 0.29) is 30.9 Å². The average molecular weight is 435 g/mol. The number of piperidine rings is 1. The van der Waals surface area contributed by atoms with Gasteiger partial charge >= 0.3 is 17.9 Å². The molecule has 2 saturated heterocycles. The first-order chi connectivity index (χ1) is 14.7. The standard InChI is InChI=1S/C23H31NO7/c1-15(25)30-20-10-7-16(11-21(20)29-3)14-24(2)17-8-9-18(24)13-19(12-17)31-23(28)6-4-5-22(26)27/h7,10-11,17-19H,4-6,8-9,12-14H2,1-3H3/p+1. The average Bonchev–Trinajstić information content (AvgIpc) is 2.86. The van der Waals surface area contributed by atoms with E-state index >= 15 is 0 Å². The molecule has 8 nitrogen and oxygen atoms in total. The summed E-state index contributed by atoms with van der Waals surface area (Å²) < 4.78 is 17.2. The van der Waals surface area contributed by atoms with Crippen LogP contribution < -0.4 is 9.47 Å². The minimum Gasteiger partial charge on any atom is -0.493 e. The molecule has 31 heavy (non-hydrogen) atoms. The van der Waals surface area contributed by atoms with Crippen molar-refractivity contribution >= 4 is 17.9 Å². The molecule has 170 valence electrons. The number of hydrogen-bond acceptors (Lipinski definition) is 6. The van der Waals surface area contributed by atoms with Crippen molar-refractivity contribution in [3.8, 4) is 11.5 Å². The summed E-state index contributed by atoms with van der Waals surface area (Å²) in [6.07, 6.45) is 4.18. The second kappa shape index (κ2) is 9.68. The molecular formula is C23H32NO7+. The van der Waals surface area contributed by atoms with Crippen LogP contribution in [0.3, 0.4) is 0 Å². The number of carbonyl (C=O) groups excluding carboxylic acids is 2. The van der Waals surface area contributed by atoms with E-state index in [0.717, 1.165) is 42.3 Å². The van der Waals surface area contributed by atoms with Crippen molar-refractivity contribution in [1.29, 1.82) is 0 Å². The van der Waals surface area contributed by atoms with Gasteiger partial charge in [0.05, 0.1) is 26.2 Å². The quantitative estimate of drug-likeness (QED) is 0.362. The van der Waals surface area contributed by atoms with Gasteiger partial charge in [-0.2, -0.15) is 0 Å². The number of aliphatic carboxylic acids is 1. The van der Waals surface area contributed by atoms with Crippen LogP contribution in [0.5, 0.6) is 11.5 Å². The Bertz CT molecular complexity index is 823. The summed E-state index contributed by atoms with van der Waals surface area (Å²) in [5.74, 6) is -0.626. The normalized spacial score (nSPS) is 26.9. The highest BCUT2D eigenvalue weighted by molar-refractivity contribution is 5.71. The fraction of sp³-hybridized carbons (Fsp3) is 0.609. The summed E-state index contributed by atoms with van der Waals surface area (Å²) in [7, 11) is 3.82. The molecule has 2 atom stereocenters. The maximum absolute atomic E-state index is 12.1. The minimum atomic E-state index is -0.894. The number of esters is 2. The third kappa shape index (κ3) is 5.55. The molecule has 3 rings (SSSR count). The van der Waals surface area contributed by atoms with Crippen molar-refractivity contribution < 1.29 is 38.2 Å². The van der Waals surface area contributed by atoms with E-state index in [1.165, 1.54) is 6.92 Å². The van der Waals surface area contributed by atoms with Gasteiger partial charge in [-0.3, -0.25) is 14.4 Å². The third-order valence-corrected chi connectivity index (χ3v) is 6.65. The number of benzene rings is 1. The number of ether oxygens (including phenoxy) is 3. The number of carbonyl (C=O) groups is 3. The van der Waals surface area contributed by atoms with Crippen LogP contribution >= 0.6 is 0 Å². The monoisotopic (exact) mass is 434 g/mol. The first kappa shape index (κ1) is 23.1. The van der Waals surface area contributed by atoms with Crippen LogP contribution in [0.15, 0.2) is 18.2 Å². The number of carboxylic acid groups (broad SMARTS) is 1. The second-order valence-corrected chi connectivity index (χ2v) is 8.80. The van der Waals surface area contributed by atoms with Crippen molar-refractivity contribution in [3.05, 3.63) is 23.8 Å². The zero-order valence-electron chi connectivity index (χ0n) is 18.5. The molecule has 0 radical (unpaired) electrons. The molecule has 0 saturated carbocycles. The first-order valence-corrected chi connectivity index (χ1v) is 10.8. The number of hydrogen-bond donors (Lipinski definition) is 1. The van der Waals surface area contributed by atoms with Crippen molar-refractivity contribution in [3.63, 3.8) is 0 Å². The van der Waals surface area contributed by atoms with Crippen LogP contribution in [-0.4, -0.2) is 59.8 Å². The highest BCUT2D eigenvalue weighted by Gasteiger charge is 2.52. The van der Waals surface area contributed by atoms with Gasteiger partial charge in [0.2, 0.25) is 0 Å². The van der Waals surface area contributed by atoms with Gasteiger partial charge in [0.15, 0.2) is 11.5 Å². The number of fused-ring (bicyclic) bond motifs is 2. The lowest BCUT2D eigenvalue weighted by Crippen LogP contribution is -2.58. The summed E-state index contributed by atoms with van der Waals surface area (Å²) in [5, 5.41) is 8.71. The van der Waals surface area contributed by atoms with E-state index in [0.29, 0.717) is 30.0 Å². The third-order valence-electron chi connectivity index (χ3n) is 6.65. The Labute approximate surface area is 182 Å². The molecule has 1 aromatic carbocycles. The molecule has 2 fully saturated rings. The zero-order chi connectivity index (χ0) is 22.6. The lowest BCUT2D eigenvalue weighted by molar-refractivity contribution is -0.961. The predicted molar refractivity (Wildman–Crippen MR) is 112 cm³/mol. The predicted octanol–water partition coefficient (Wildman–Crippen LogP) is 3.06. The van der Waals surface area contributed by atoms with E-state index in [4.69, 9.17) is 19.3 Å². The Morgan fingerprint density at radius 2 is 1.77 bits per heavy atom. The first-order valence-electron chi connectivity index (χ1n) is 10.8. The van der Waals surface area contributed by atoms with Gasteiger partial charge in [-0.15, -0.1) is 0 Å². The minimum absolute atomic E-state index is 0.0142. The fourth-order valence-electron chi connectivity index (χ4n) is 5.12. The molecule has 2 aliphatic rings. The summed E-state index contributed by atoms with van der Waals surface area (Å²) in [6, 6.07) is 6.47. The van der Waals surface area contributed by atoms with E-state index in [2.05, 4.69) is 7.05 Å². The Balaban J connectivity index is 1.62. The zero-order valence-corrected chi connectivity index (χ0v) is 18.5. The number of methoxy groups -OCH3 is 1. The fourth-order valence-corrected chi connectivity index (χ4v) is 5.12. The van der Waals surface area contributed by atoms with Crippen molar-refractivity contribution in [2.24, 2.45) is 0 Å². The summed E-state index contributed by atoms with van der Waals surface area (Å²) in [6.45, 7) is 2.19. The van der Waals surface area contributed by atoms with E-state index in [9.17, 15) is 14.4 Å². The molecule has 2 bridgehead atoms. The van der Waals surface area contributed by atoms with E-state index in [1.807, 2.05) is 12.1 Å². The Morgan fingerprint density at radius 1 is 1.10 bits per heavy atom. The molecule has 0 aliphatic carbocycles. The highest BCUT2D eigenvalue weighted by atomic mass is 16.6. The number of rotatable bonds is 9. The maximum atomic E-state index is 12.1. The van der Waals surface area contributed by atoms with Crippen LogP contribution in [0.1, 0.15) is 57.4 Å². The molecule has 1 N–H and O–H groups in total. The van der Waals surface area contributed by atoms with Crippen LogP contribution in [0.2, 0.25) is 0 Å².